The van der Waals surface area contributed by atoms with Gasteiger partial charge in [0.05, 0.1) is 6.10 Å². The predicted octanol–water partition coefficient (Wildman–Crippen LogP) is 4.66. The molecule has 0 aliphatic heterocycles. The van der Waals surface area contributed by atoms with Crippen molar-refractivity contribution in [3.63, 3.8) is 0 Å². The molecule has 0 amide bonds. The molecule has 6 heteroatoms. The molecule has 0 aromatic carbocycles. The van der Waals surface area contributed by atoms with Gasteiger partial charge in [0.15, 0.2) is 5.96 Å². The van der Waals surface area contributed by atoms with E-state index in [1.165, 1.54) is 51.4 Å². The lowest BCUT2D eigenvalue weighted by atomic mass is 9.44. The summed E-state index contributed by atoms with van der Waals surface area (Å²) < 4.78 is 0. The van der Waals surface area contributed by atoms with Gasteiger partial charge in [0, 0.05) is 19.2 Å². The summed E-state index contributed by atoms with van der Waals surface area (Å²) in [5.74, 6) is 4.28. The Labute approximate surface area is 194 Å². The van der Waals surface area contributed by atoms with Crippen LogP contribution in [0.5, 0.6) is 0 Å². The minimum absolute atomic E-state index is 0.00517. The van der Waals surface area contributed by atoms with E-state index >= 15 is 0 Å². The number of hydrogen-bond donors (Lipinski definition) is 4. The van der Waals surface area contributed by atoms with E-state index in [4.69, 9.17) is 16.0 Å². The number of oxime groups is 1. The van der Waals surface area contributed by atoms with Crippen molar-refractivity contribution >= 4 is 12.2 Å². The molecule has 0 bridgehead atoms. The van der Waals surface area contributed by atoms with Crippen molar-refractivity contribution in [2.24, 2.45) is 51.3 Å². The summed E-state index contributed by atoms with van der Waals surface area (Å²) in [6.45, 7) is 6.40. The van der Waals surface area contributed by atoms with Crippen LogP contribution in [-0.4, -0.2) is 36.5 Å². The number of hydrogen-bond acceptors (Lipinski definition) is 4. The first-order valence-corrected chi connectivity index (χ1v) is 13.2. The Hall–Kier alpha value is -1.30. The topological polar surface area (TPSA) is 104 Å². The highest BCUT2D eigenvalue weighted by Crippen LogP contribution is 2.67. The molecule has 32 heavy (non-hydrogen) atoms. The van der Waals surface area contributed by atoms with Gasteiger partial charge in [-0.1, -0.05) is 19.0 Å². The summed E-state index contributed by atoms with van der Waals surface area (Å²) in [4.78, 5) is 5.35. The number of aliphatic hydroxyl groups is 1. The first-order chi connectivity index (χ1) is 15.3. The molecule has 8 atom stereocenters. The van der Waals surface area contributed by atoms with Gasteiger partial charge in [-0.05, 0) is 111 Å². The minimum Gasteiger partial charge on any atom is -0.396 e. The first kappa shape index (κ1) is 23.8. The molecule has 6 nitrogen and oxygen atoms in total. The number of aliphatic hydroxyl groups excluding tert-OH is 1. The molecule has 4 aliphatic rings. The Morgan fingerprint density at radius 3 is 2.72 bits per heavy atom. The van der Waals surface area contributed by atoms with Crippen LogP contribution in [0.15, 0.2) is 5.16 Å². The molecule has 4 saturated carbocycles. The molecule has 4 rings (SSSR count). The third-order valence-electron chi connectivity index (χ3n) is 10.4. The molecule has 4 fully saturated rings. The zero-order valence-electron chi connectivity index (χ0n) is 20.3. The average Bonchev–Trinajstić information content (AvgIpc) is 3.09. The second-order valence-electron chi connectivity index (χ2n) is 11.8. The van der Waals surface area contributed by atoms with Crippen molar-refractivity contribution in [2.75, 3.05) is 13.2 Å². The SMILES string of the molecule is C[C@]12CCC(O)CC1CC[C@@H]1[C@H]2CC[C@]2(C)C(CC/C=N/OCCCNC(=N)N)CC[C@@H]12. The summed E-state index contributed by atoms with van der Waals surface area (Å²) >= 11 is 0. The third-order valence-corrected chi connectivity index (χ3v) is 10.4. The molecule has 0 aromatic heterocycles. The fourth-order valence-electron chi connectivity index (χ4n) is 8.61. The van der Waals surface area contributed by atoms with Crippen LogP contribution in [0.3, 0.4) is 0 Å². The van der Waals surface area contributed by atoms with E-state index in [0.717, 1.165) is 55.3 Å². The normalized spacial score (nSPS) is 43.3. The van der Waals surface area contributed by atoms with Gasteiger partial charge >= 0.3 is 0 Å². The fraction of sp³-hybridized carbons (Fsp3) is 0.923. The highest BCUT2D eigenvalue weighted by atomic mass is 16.6. The number of nitrogens with one attached hydrogen (secondary N) is 2. The smallest absolute Gasteiger partial charge is 0.185 e. The maximum atomic E-state index is 10.2. The third kappa shape index (κ3) is 4.67. The summed E-state index contributed by atoms with van der Waals surface area (Å²) in [5, 5.41) is 24.3. The van der Waals surface area contributed by atoms with Crippen molar-refractivity contribution in [3.05, 3.63) is 0 Å². The van der Waals surface area contributed by atoms with Crippen LogP contribution in [0.4, 0.5) is 0 Å². The lowest BCUT2D eigenvalue weighted by molar-refractivity contribution is -0.126. The Balaban J connectivity index is 1.26. The quantitative estimate of drug-likeness (QED) is 0.188. The van der Waals surface area contributed by atoms with Crippen molar-refractivity contribution in [3.8, 4) is 0 Å². The van der Waals surface area contributed by atoms with Crippen LogP contribution >= 0.6 is 0 Å². The average molecular weight is 447 g/mol. The summed E-state index contributed by atoms with van der Waals surface area (Å²) in [5.41, 5.74) is 6.24. The zero-order chi connectivity index (χ0) is 22.8. The number of fused-ring (bicyclic) bond motifs is 5. The van der Waals surface area contributed by atoms with Gasteiger partial charge < -0.3 is 21.0 Å². The lowest BCUT2D eigenvalue weighted by Crippen LogP contribution is -2.53. The molecule has 3 unspecified atom stereocenters. The lowest BCUT2D eigenvalue weighted by Gasteiger charge is -2.61. The van der Waals surface area contributed by atoms with Gasteiger partial charge in [-0.15, -0.1) is 0 Å². The van der Waals surface area contributed by atoms with Crippen molar-refractivity contribution < 1.29 is 9.94 Å². The molecule has 182 valence electrons. The van der Waals surface area contributed by atoms with Crippen molar-refractivity contribution in [2.45, 2.75) is 97.0 Å². The van der Waals surface area contributed by atoms with E-state index in [0.29, 0.717) is 24.0 Å². The molecular formula is C26H46N4O2. The van der Waals surface area contributed by atoms with Crippen LogP contribution in [0, 0.1) is 45.8 Å². The molecule has 0 radical (unpaired) electrons. The van der Waals surface area contributed by atoms with Gasteiger partial charge in [-0.25, -0.2) is 0 Å². The molecule has 0 spiro atoms. The standard InChI is InChI=1S/C26H46N4O2/c1-25-13-11-23-21(8-6-19-17-20(31)10-12-26(19,23)2)22(25)9-7-18(25)5-3-15-30-32-16-4-14-29-24(27)28/h15,18-23,31H,3-14,16-17H2,1-2H3,(H4,27,28,29)/b30-15+/t18?,19?,20?,21-,22-,23+,25+,26-/m0/s1. The Kier molecular flexibility index (Phi) is 7.38. The number of guanidine groups is 1. The van der Waals surface area contributed by atoms with Crippen LogP contribution in [0.25, 0.3) is 0 Å². The molecule has 5 N–H and O–H groups in total. The minimum atomic E-state index is -0.0443. The van der Waals surface area contributed by atoms with Gasteiger partial charge in [0.1, 0.15) is 6.61 Å². The summed E-state index contributed by atoms with van der Waals surface area (Å²) in [7, 11) is 0. The maximum Gasteiger partial charge on any atom is 0.185 e. The Bertz CT molecular complexity index is 685. The van der Waals surface area contributed by atoms with Gasteiger partial charge in [0.25, 0.3) is 0 Å². The number of nitrogens with two attached hydrogens (primary N) is 1. The van der Waals surface area contributed by atoms with Gasteiger partial charge in [0.2, 0.25) is 0 Å². The number of rotatable bonds is 8. The highest BCUT2D eigenvalue weighted by molar-refractivity contribution is 5.74. The van der Waals surface area contributed by atoms with Crippen molar-refractivity contribution in [1.82, 2.24) is 5.32 Å². The maximum absolute atomic E-state index is 10.2. The van der Waals surface area contributed by atoms with E-state index in [2.05, 4.69) is 24.3 Å². The van der Waals surface area contributed by atoms with Crippen LogP contribution < -0.4 is 11.1 Å². The molecule has 0 heterocycles. The Morgan fingerprint density at radius 1 is 1.12 bits per heavy atom. The first-order valence-electron chi connectivity index (χ1n) is 13.2. The summed E-state index contributed by atoms with van der Waals surface area (Å²) in [6.07, 6.45) is 16.6. The highest BCUT2D eigenvalue weighted by Gasteiger charge is 2.59. The zero-order valence-corrected chi connectivity index (χ0v) is 20.3. The van der Waals surface area contributed by atoms with Gasteiger partial charge in [-0.2, -0.15) is 0 Å². The monoisotopic (exact) mass is 446 g/mol. The molecule has 0 aromatic rings. The van der Waals surface area contributed by atoms with Crippen LogP contribution in [0.2, 0.25) is 0 Å². The van der Waals surface area contributed by atoms with Crippen LogP contribution in [0.1, 0.15) is 90.9 Å². The van der Waals surface area contributed by atoms with E-state index in [1.54, 1.807) is 0 Å². The van der Waals surface area contributed by atoms with E-state index in [9.17, 15) is 5.11 Å². The number of nitrogens with zero attached hydrogens (tertiary/aromatic N) is 1. The van der Waals surface area contributed by atoms with E-state index in [1.807, 2.05) is 6.21 Å². The molecule has 0 saturated heterocycles. The van der Waals surface area contributed by atoms with Gasteiger partial charge in [-0.3, -0.25) is 5.41 Å². The fourth-order valence-corrected chi connectivity index (χ4v) is 8.61. The predicted molar refractivity (Wildman–Crippen MR) is 129 cm³/mol. The Morgan fingerprint density at radius 2 is 1.91 bits per heavy atom. The van der Waals surface area contributed by atoms with Crippen molar-refractivity contribution in [1.29, 1.82) is 5.41 Å². The largest absolute Gasteiger partial charge is 0.396 e. The van der Waals surface area contributed by atoms with Crippen LogP contribution in [-0.2, 0) is 4.84 Å². The second kappa shape index (κ2) is 9.90. The molecular weight excluding hydrogens is 400 g/mol. The second-order valence-corrected chi connectivity index (χ2v) is 11.8. The van der Waals surface area contributed by atoms with E-state index in [-0.39, 0.29) is 12.1 Å². The molecule has 4 aliphatic carbocycles. The van der Waals surface area contributed by atoms with E-state index < -0.39 is 0 Å². The summed E-state index contributed by atoms with van der Waals surface area (Å²) in [6, 6.07) is 0.